The van der Waals surface area contributed by atoms with Gasteiger partial charge in [-0.25, -0.2) is 4.79 Å². The predicted octanol–water partition coefficient (Wildman–Crippen LogP) is 4.33. The number of esters is 1. The number of rotatable bonds is 10. The van der Waals surface area contributed by atoms with E-state index in [1.807, 2.05) is 13.8 Å². The minimum absolute atomic E-state index is 0.250. The summed E-state index contributed by atoms with van der Waals surface area (Å²) in [4.78, 5) is 24.4. The molecule has 5 nitrogen and oxygen atoms in total. The lowest BCUT2D eigenvalue weighted by Crippen LogP contribution is -2.46. The minimum atomic E-state index is -0.813. The summed E-state index contributed by atoms with van der Waals surface area (Å²) < 4.78 is 15.7. The third-order valence-electron chi connectivity index (χ3n) is 3.75. The van der Waals surface area contributed by atoms with Crippen LogP contribution in [0.25, 0.3) is 0 Å². The second kappa shape index (κ2) is 10.5. The maximum Gasteiger partial charge on any atom is 0.508 e. The number of carbonyl (C=O) groups is 2. The van der Waals surface area contributed by atoms with Gasteiger partial charge in [0.15, 0.2) is 0 Å². The number of carbonyl (C=O) groups excluding carboxylic acids is 2. The van der Waals surface area contributed by atoms with E-state index in [1.165, 1.54) is 0 Å². The zero-order valence-corrected chi connectivity index (χ0v) is 14.9. The molecule has 0 radical (unpaired) electrons. The second-order valence-corrected chi connectivity index (χ2v) is 5.91. The molecule has 0 fully saturated rings. The molecule has 0 saturated heterocycles. The van der Waals surface area contributed by atoms with Crippen molar-refractivity contribution in [2.24, 2.45) is 11.3 Å². The van der Waals surface area contributed by atoms with Crippen LogP contribution in [0, 0.1) is 11.3 Å². The average molecular weight is 316 g/mol. The molecule has 0 heterocycles. The van der Waals surface area contributed by atoms with Crippen molar-refractivity contribution in [2.75, 3.05) is 13.2 Å². The first kappa shape index (κ1) is 20.7. The van der Waals surface area contributed by atoms with E-state index in [0.29, 0.717) is 25.9 Å². The molecule has 0 aromatic rings. The van der Waals surface area contributed by atoms with Gasteiger partial charge in [-0.05, 0) is 39.0 Å². The molecule has 2 unspecified atom stereocenters. The lowest BCUT2D eigenvalue weighted by Gasteiger charge is -2.38. The standard InChI is InChI=1S/C17H32O5/c1-7-11-14(22-16(19)21-10-4)17(8-2,12-13(5)6)15(18)20-9-3/h13-14H,7-12H2,1-6H3. The van der Waals surface area contributed by atoms with Crippen LogP contribution in [0.15, 0.2) is 0 Å². The van der Waals surface area contributed by atoms with Gasteiger partial charge < -0.3 is 14.2 Å². The summed E-state index contributed by atoms with van der Waals surface area (Å²) in [6, 6.07) is 0. The van der Waals surface area contributed by atoms with Gasteiger partial charge in [0.25, 0.3) is 0 Å². The summed E-state index contributed by atoms with van der Waals surface area (Å²) in [7, 11) is 0. The summed E-state index contributed by atoms with van der Waals surface area (Å²) in [5.74, 6) is 0.00320. The molecule has 0 rings (SSSR count). The molecule has 5 heteroatoms. The van der Waals surface area contributed by atoms with Gasteiger partial charge in [0.05, 0.1) is 13.2 Å². The van der Waals surface area contributed by atoms with Crippen molar-refractivity contribution < 1.29 is 23.8 Å². The minimum Gasteiger partial charge on any atom is -0.465 e. The molecule has 22 heavy (non-hydrogen) atoms. The zero-order valence-electron chi connectivity index (χ0n) is 14.9. The van der Waals surface area contributed by atoms with Crippen LogP contribution in [-0.2, 0) is 19.0 Å². The zero-order chi connectivity index (χ0) is 17.2. The number of ether oxygens (including phenoxy) is 3. The quantitative estimate of drug-likeness (QED) is 0.561. The smallest absolute Gasteiger partial charge is 0.465 e. The average Bonchev–Trinajstić information content (AvgIpc) is 2.44. The van der Waals surface area contributed by atoms with Crippen molar-refractivity contribution in [3.05, 3.63) is 0 Å². The van der Waals surface area contributed by atoms with Gasteiger partial charge in [-0.2, -0.15) is 0 Å². The number of hydrogen-bond acceptors (Lipinski definition) is 5. The fourth-order valence-corrected chi connectivity index (χ4v) is 2.84. The van der Waals surface area contributed by atoms with Crippen LogP contribution in [-0.4, -0.2) is 31.4 Å². The van der Waals surface area contributed by atoms with E-state index in [0.717, 1.165) is 6.42 Å². The SMILES string of the molecule is CCCC(OC(=O)OCC)C(CC)(CC(C)C)C(=O)OCC. The van der Waals surface area contributed by atoms with Gasteiger partial charge in [0.2, 0.25) is 0 Å². The molecular weight excluding hydrogens is 284 g/mol. The van der Waals surface area contributed by atoms with Crippen molar-refractivity contribution in [1.82, 2.24) is 0 Å². The fourth-order valence-electron chi connectivity index (χ4n) is 2.84. The Bertz CT molecular complexity index is 340. The molecule has 2 atom stereocenters. The van der Waals surface area contributed by atoms with E-state index >= 15 is 0 Å². The van der Waals surface area contributed by atoms with E-state index in [2.05, 4.69) is 13.8 Å². The number of hydrogen-bond donors (Lipinski definition) is 0. The van der Waals surface area contributed by atoms with Crippen LogP contribution < -0.4 is 0 Å². The molecule has 0 aliphatic rings. The summed E-state index contributed by atoms with van der Waals surface area (Å²) in [6.45, 7) is 12.1. The van der Waals surface area contributed by atoms with Crippen LogP contribution in [0.1, 0.15) is 67.2 Å². The molecule has 0 saturated carbocycles. The van der Waals surface area contributed by atoms with Gasteiger partial charge in [-0.1, -0.05) is 34.1 Å². The third kappa shape index (κ3) is 5.85. The second-order valence-electron chi connectivity index (χ2n) is 5.91. The summed E-state index contributed by atoms with van der Waals surface area (Å²) in [5.41, 5.74) is -0.813. The Hall–Kier alpha value is -1.26. The molecule has 130 valence electrons. The highest BCUT2D eigenvalue weighted by Gasteiger charge is 2.48. The molecule has 0 spiro atoms. The van der Waals surface area contributed by atoms with Gasteiger partial charge in [0.1, 0.15) is 11.5 Å². The molecule has 0 N–H and O–H groups in total. The van der Waals surface area contributed by atoms with Crippen LogP contribution in [0.2, 0.25) is 0 Å². The largest absolute Gasteiger partial charge is 0.508 e. The Morgan fingerprint density at radius 3 is 2.00 bits per heavy atom. The van der Waals surface area contributed by atoms with Gasteiger partial charge in [-0.15, -0.1) is 0 Å². The van der Waals surface area contributed by atoms with E-state index in [1.54, 1.807) is 13.8 Å². The Balaban J connectivity index is 5.50. The molecular formula is C17H32O5. The van der Waals surface area contributed by atoms with Crippen LogP contribution in [0.3, 0.4) is 0 Å². The van der Waals surface area contributed by atoms with Crippen molar-refractivity contribution in [3.63, 3.8) is 0 Å². The van der Waals surface area contributed by atoms with Gasteiger partial charge >= 0.3 is 12.1 Å². The first-order chi connectivity index (χ1) is 10.4. The third-order valence-corrected chi connectivity index (χ3v) is 3.75. The molecule has 0 aliphatic heterocycles. The van der Waals surface area contributed by atoms with Crippen molar-refractivity contribution in [1.29, 1.82) is 0 Å². The maximum absolute atomic E-state index is 12.6. The molecule has 0 amide bonds. The topological polar surface area (TPSA) is 61.8 Å². The van der Waals surface area contributed by atoms with Gasteiger partial charge in [0, 0.05) is 0 Å². The van der Waals surface area contributed by atoms with Crippen LogP contribution in [0.4, 0.5) is 4.79 Å². The van der Waals surface area contributed by atoms with Gasteiger partial charge in [-0.3, -0.25) is 4.79 Å². The lowest BCUT2D eigenvalue weighted by atomic mass is 9.72. The Kier molecular flexibility index (Phi) is 9.86. The predicted molar refractivity (Wildman–Crippen MR) is 85.6 cm³/mol. The highest BCUT2D eigenvalue weighted by molar-refractivity contribution is 5.78. The van der Waals surface area contributed by atoms with E-state index < -0.39 is 17.7 Å². The summed E-state index contributed by atoms with van der Waals surface area (Å²) >= 11 is 0. The van der Waals surface area contributed by atoms with E-state index in [-0.39, 0.29) is 18.5 Å². The first-order valence-electron chi connectivity index (χ1n) is 8.38. The molecule has 0 bridgehead atoms. The van der Waals surface area contributed by atoms with Crippen LogP contribution in [0.5, 0.6) is 0 Å². The highest BCUT2D eigenvalue weighted by atomic mass is 16.7. The monoisotopic (exact) mass is 316 g/mol. The summed E-state index contributed by atoms with van der Waals surface area (Å²) in [6.07, 6.45) is 1.36. The molecule has 0 aromatic carbocycles. The van der Waals surface area contributed by atoms with E-state index in [9.17, 15) is 9.59 Å². The van der Waals surface area contributed by atoms with Crippen molar-refractivity contribution in [3.8, 4) is 0 Å². The fraction of sp³-hybridized carbons (Fsp3) is 0.882. The normalized spacial score (nSPS) is 15.0. The van der Waals surface area contributed by atoms with E-state index in [4.69, 9.17) is 14.2 Å². The maximum atomic E-state index is 12.6. The first-order valence-corrected chi connectivity index (χ1v) is 8.38. The lowest BCUT2D eigenvalue weighted by molar-refractivity contribution is -0.167. The summed E-state index contributed by atoms with van der Waals surface area (Å²) in [5, 5.41) is 0. The molecule has 0 aromatic heterocycles. The Labute approximate surface area is 134 Å². The van der Waals surface area contributed by atoms with Crippen molar-refractivity contribution in [2.45, 2.75) is 73.3 Å². The van der Waals surface area contributed by atoms with Crippen molar-refractivity contribution >= 4 is 12.1 Å². The Morgan fingerprint density at radius 1 is 1.00 bits per heavy atom. The van der Waals surface area contributed by atoms with Crippen LogP contribution >= 0.6 is 0 Å². The molecule has 0 aliphatic carbocycles. The Morgan fingerprint density at radius 2 is 1.59 bits per heavy atom. The highest BCUT2D eigenvalue weighted by Crippen LogP contribution is 2.39.